The second kappa shape index (κ2) is 5.89. The van der Waals surface area contributed by atoms with Crippen LogP contribution in [0.1, 0.15) is 5.56 Å². The van der Waals surface area contributed by atoms with Gasteiger partial charge in [0, 0.05) is 5.56 Å². The van der Waals surface area contributed by atoms with E-state index >= 15 is 0 Å². The number of hydrogen-bond acceptors (Lipinski definition) is 4. The predicted octanol–water partition coefficient (Wildman–Crippen LogP) is 3.41. The van der Waals surface area contributed by atoms with Gasteiger partial charge in [0.25, 0.3) is 3.79 Å². The summed E-state index contributed by atoms with van der Waals surface area (Å²) in [4.78, 5) is 4.24. The molecule has 0 bridgehead atoms. The number of benzene rings is 1. The molecule has 0 radical (unpaired) electrons. The lowest BCUT2D eigenvalue weighted by Gasteiger charge is -2.19. The Labute approximate surface area is 129 Å². The van der Waals surface area contributed by atoms with Crippen molar-refractivity contribution in [3.63, 3.8) is 0 Å². The molecule has 1 heterocycles. The Morgan fingerprint density at radius 2 is 1.74 bits per heavy atom. The zero-order chi connectivity index (χ0) is 14.0. The van der Waals surface area contributed by atoms with Gasteiger partial charge in [0.15, 0.2) is 11.7 Å². The van der Waals surface area contributed by atoms with Crippen LogP contribution in [-0.4, -0.2) is 33.9 Å². The minimum atomic E-state index is -1.66. The molecule has 0 spiro atoms. The summed E-state index contributed by atoms with van der Waals surface area (Å²) >= 11 is 16.9. The fourth-order valence-corrected chi connectivity index (χ4v) is 2.70. The van der Waals surface area contributed by atoms with Crippen LogP contribution in [-0.2, 0) is 11.1 Å². The van der Waals surface area contributed by atoms with Gasteiger partial charge in [-0.1, -0.05) is 65.1 Å². The SMILES string of the molecule is CN(C)[S@]1=NC(C(Cl)(Cl)Cl)=NC(c2ccccc2)=N1. The zero-order valence-corrected chi connectivity index (χ0v) is 13.3. The standard InChI is InChI=1S/C11H11Cl3N4S/c1-18(2)19-16-9(8-6-4-3-5-7-8)15-10(17-19)11(12,13)14/h3-7H,1-2H3/t19-/m1/s1. The van der Waals surface area contributed by atoms with E-state index in [1.54, 1.807) is 0 Å². The smallest absolute Gasteiger partial charge is 0.229 e. The Morgan fingerprint density at radius 3 is 2.26 bits per heavy atom. The van der Waals surface area contributed by atoms with Gasteiger partial charge in [-0.05, 0) is 14.1 Å². The second-order valence-electron chi connectivity index (χ2n) is 3.86. The summed E-state index contributed by atoms with van der Waals surface area (Å²) in [6.45, 7) is 0. The molecule has 0 aliphatic carbocycles. The van der Waals surface area contributed by atoms with Gasteiger partial charge in [0.2, 0.25) is 0 Å². The highest BCUT2D eigenvalue weighted by Crippen LogP contribution is 2.31. The lowest BCUT2D eigenvalue weighted by Crippen LogP contribution is -2.26. The van der Waals surface area contributed by atoms with Crippen molar-refractivity contribution in [1.82, 2.24) is 4.31 Å². The molecule has 0 fully saturated rings. The van der Waals surface area contributed by atoms with Crippen LogP contribution in [0.3, 0.4) is 0 Å². The maximum atomic E-state index is 5.87. The molecule has 0 unspecified atom stereocenters. The van der Waals surface area contributed by atoms with Gasteiger partial charge in [0.1, 0.15) is 11.1 Å². The van der Waals surface area contributed by atoms with Gasteiger partial charge in [-0.25, -0.2) is 9.30 Å². The first-order valence-electron chi connectivity index (χ1n) is 5.31. The van der Waals surface area contributed by atoms with Crippen LogP contribution in [0.4, 0.5) is 0 Å². The minimum Gasteiger partial charge on any atom is -0.229 e. The maximum absolute atomic E-state index is 5.87. The van der Waals surface area contributed by atoms with Gasteiger partial charge in [-0.15, -0.1) is 0 Å². The van der Waals surface area contributed by atoms with Gasteiger partial charge in [0.05, 0.1) is 0 Å². The van der Waals surface area contributed by atoms with E-state index in [1.807, 2.05) is 48.7 Å². The molecule has 1 atom stereocenters. The average molecular weight is 338 g/mol. The normalized spacial score (nSPS) is 19.8. The van der Waals surface area contributed by atoms with Crippen molar-refractivity contribution in [2.45, 2.75) is 3.79 Å². The highest BCUT2D eigenvalue weighted by Gasteiger charge is 2.31. The number of hydrogen-bond donors (Lipinski definition) is 0. The van der Waals surface area contributed by atoms with Crippen molar-refractivity contribution in [3.05, 3.63) is 35.9 Å². The Hall–Kier alpha value is -0.460. The molecule has 0 amide bonds. The first-order valence-corrected chi connectivity index (χ1v) is 7.54. The van der Waals surface area contributed by atoms with E-state index < -0.39 is 14.9 Å². The van der Waals surface area contributed by atoms with Crippen molar-refractivity contribution in [2.24, 2.45) is 13.8 Å². The summed E-state index contributed by atoms with van der Waals surface area (Å²) in [5, 5.41) is 0. The predicted molar refractivity (Wildman–Crippen MR) is 84.2 cm³/mol. The number of alkyl halides is 3. The Balaban J connectivity index is 2.50. The van der Waals surface area contributed by atoms with Gasteiger partial charge in [-0.2, -0.15) is 8.76 Å². The quantitative estimate of drug-likeness (QED) is 0.762. The van der Waals surface area contributed by atoms with E-state index in [4.69, 9.17) is 34.8 Å². The van der Waals surface area contributed by atoms with Crippen LogP contribution in [0.15, 0.2) is 44.1 Å². The molecule has 19 heavy (non-hydrogen) atoms. The maximum Gasteiger partial charge on any atom is 0.250 e. The summed E-state index contributed by atoms with van der Waals surface area (Å²) in [7, 11) is 3.72. The summed E-state index contributed by atoms with van der Waals surface area (Å²) in [6.07, 6.45) is 0. The fourth-order valence-electron chi connectivity index (χ4n) is 1.30. The number of halogens is 3. The summed E-state index contributed by atoms with van der Waals surface area (Å²) in [5.41, 5.74) is 0.864. The Morgan fingerprint density at radius 1 is 1.11 bits per heavy atom. The molecular weight excluding hydrogens is 327 g/mol. The third-order valence-electron chi connectivity index (χ3n) is 2.16. The van der Waals surface area contributed by atoms with Crippen LogP contribution < -0.4 is 0 Å². The molecule has 1 aromatic rings. The van der Waals surface area contributed by atoms with Crippen LogP contribution in [0.5, 0.6) is 0 Å². The van der Waals surface area contributed by atoms with Gasteiger partial charge >= 0.3 is 0 Å². The molecule has 1 aliphatic rings. The molecular formula is C11H11Cl3N4S. The topological polar surface area (TPSA) is 40.3 Å². The molecule has 8 heteroatoms. The van der Waals surface area contributed by atoms with E-state index in [9.17, 15) is 0 Å². The van der Waals surface area contributed by atoms with E-state index in [0.29, 0.717) is 5.84 Å². The van der Waals surface area contributed by atoms with Crippen molar-refractivity contribution in [3.8, 4) is 0 Å². The molecule has 0 saturated carbocycles. The third-order valence-corrected chi connectivity index (χ3v) is 3.99. The third kappa shape index (κ3) is 3.77. The molecule has 4 nitrogen and oxygen atoms in total. The first kappa shape index (κ1) is 14.9. The average Bonchev–Trinajstić information content (AvgIpc) is 2.38. The molecule has 102 valence electrons. The largest absolute Gasteiger partial charge is 0.250 e. The van der Waals surface area contributed by atoms with Crippen LogP contribution >= 0.6 is 34.8 Å². The molecule has 1 aromatic carbocycles. The van der Waals surface area contributed by atoms with Crippen LogP contribution in [0.2, 0.25) is 0 Å². The second-order valence-corrected chi connectivity index (χ2v) is 7.73. The van der Waals surface area contributed by atoms with Crippen molar-refractivity contribution in [1.29, 1.82) is 0 Å². The van der Waals surface area contributed by atoms with Crippen molar-refractivity contribution in [2.75, 3.05) is 14.1 Å². The van der Waals surface area contributed by atoms with Crippen molar-refractivity contribution >= 4 is 57.5 Å². The molecule has 0 aromatic heterocycles. The van der Waals surface area contributed by atoms with E-state index in [1.165, 1.54) is 0 Å². The highest BCUT2D eigenvalue weighted by molar-refractivity contribution is 7.84. The fraction of sp³-hybridized carbons (Fsp3) is 0.273. The molecule has 2 rings (SSSR count). The van der Waals surface area contributed by atoms with E-state index in [2.05, 4.69) is 13.8 Å². The lowest BCUT2D eigenvalue weighted by molar-refractivity contribution is 0.693. The summed E-state index contributed by atoms with van der Waals surface area (Å²) in [6, 6.07) is 9.54. The van der Waals surface area contributed by atoms with Gasteiger partial charge < -0.3 is 0 Å². The lowest BCUT2D eigenvalue weighted by atomic mass is 10.2. The molecule has 0 saturated heterocycles. The monoisotopic (exact) mass is 336 g/mol. The number of nitrogens with zero attached hydrogens (tertiary/aromatic N) is 4. The number of amidine groups is 2. The number of rotatable bonds is 2. The summed E-state index contributed by atoms with van der Waals surface area (Å²) < 4.78 is 8.89. The number of aliphatic imine (C=N–C) groups is 1. The van der Waals surface area contributed by atoms with E-state index in [-0.39, 0.29) is 5.84 Å². The molecule has 1 aliphatic heterocycles. The minimum absolute atomic E-state index is 0.156. The highest BCUT2D eigenvalue weighted by atomic mass is 35.6. The summed E-state index contributed by atoms with van der Waals surface area (Å²) in [5.74, 6) is 0.678. The first-order chi connectivity index (χ1) is 8.88. The van der Waals surface area contributed by atoms with Crippen LogP contribution in [0.25, 0.3) is 0 Å². The van der Waals surface area contributed by atoms with Crippen molar-refractivity contribution < 1.29 is 0 Å². The van der Waals surface area contributed by atoms with Crippen LogP contribution in [0, 0.1) is 0 Å². The Bertz CT molecular complexity index is 561. The van der Waals surface area contributed by atoms with Gasteiger partial charge in [-0.3, -0.25) is 0 Å². The molecule has 0 N–H and O–H groups in total. The van der Waals surface area contributed by atoms with E-state index in [0.717, 1.165) is 5.56 Å². The zero-order valence-electron chi connectivity index (χ0n) is 10.2. The Kier molecular flexibility index (Phi) is 4.63.